The number of ether oxygens (including phenoxy) is 1. The summed E-state index contributed by atoms with van der Waals surface area (Å²) in [6, 6.07) is 12.0. The van der Waals surface area contributed by atoms with E-state index < -0.39 is 16.1 Å². The van der Waals surface area contributed by atoms with Crippen LogP contribution >= 0.6 is 12.2 Å². The summed E-state index contributed by atoms with van der Waals surface area (Å²) >= 11 is 4.09. The van der Waals surface area contributed by atoms with Crippen LogP contribution < -0.4 is 0 Å². The molecule has 5 heteroatoms. The van der Waals surface area contributed by atoms with Crippen LogP contribution in [0.3, 0.4) is 0 Å². The number of methoxy groups -OCH3 is 1. The Morgan fingerprint density at radius 2 is 1.65 bits per heavy atom. The molecule has 2 rings (SSSR count). The SMILES string of the molecule is COC(=S)c1cccc(C)c1-c1c(C)cccc1C=N[S+]([O-])C(C)(C)C. The second kappa shape index (κ2) is 8.33. The highest BCUT2D eigenvalue weighted by molar-refractivity contribution is 7.91. The van der Waals surface area contributed by atoms with Gasteiger partial charge in [-0.1, -0.05) is 34.7 Å². The monoisotopic (exact) mass is 387 g/mol. The van der Waals surface area contributed by atoms with Gasteiger partial charge in [0.2, 0.25) is 0 Å². The van der Waals surface area contributed by atoms with Gasteiger partial charge >= 0.3 is 0 Å². The van der Waals surface area contributed by atoms with Crippen LogP contribution in [-0.4, -0.2) is 27.7 Å². The van der Waals surface area contributed by atoms with Gasteiger partial charge in [0.05, 0.1) is 13.3 Å². The molecule has 0 aliphatic rings. The molecule has 0 saturated heterocycles. The van der Waals surface area contributed by atoms with Crippen molar-refractivity contribution in [1.82, 2.24) is 0 Å². The Labute approximate surface area is 164 Å². The zero-order valence-corrected chi connectivity index (χ0v) is 17.8. The van der Waals surface area contributed by atoms with Gasteiger partial charge in [-0.2, -0.15) is 0 Å². The number of hydrogen-bond acceptors (Lipinski definition) is 4. The molecule has 3 nitrogen and oxygen atoms in total. The lowest BCUT2D eigenvalue weighted by atomic mass is 9.89. The number of hydrogen-bond donors (Lipinski definition) is 0. The first-order valence-electron chi connectivity index (χ1n) is 8.40. The van der Waals surface area contributed by atoms with E-state index in [1.54, 1.807) is 13.3 Å². The summed E-state index contributed by atoms with van der Waals surface area (Å²) in [7, 11) is 1.58. The lowest BCUT2D eigenvalue weighted by Crippen LogP contribution is -2.25. The molecule has 0 saturated carbocycles. The van der Waals surface area contributed by atoms with E-state index in [0.717, 1.165) is 33.4 Å². The molecule has 0 aromatic heterocycles. The van der Waals surface area contributed by atoms with Crippen molar-refractivity contribution in [3.63, 3.8) is 0 Å². The molecule has 0 aliphatic heterocycles. The van der Waals surface area contributed by atoms with Crippen molar-refractivity contribution in [3.05, 3.63) is 58.7 Å². The van der Waals surface area contributed by atoms with Gasteiger partial charge in [-0.25, -0.2) is 0 Å². The molecule has 0 amide bonds. The summed E-state index contributed by atoms with van der Waals surface area (Å²) in [6.07, 6.45) is 1.70. The van der Waals surface area contributed by atoms with Crippen molar-refractivity contribution in [2.45, 2.75) is 39.4 Å². The lowest BCUT2D eigenvalue weighted by Gasteiger charge is -2.19. The third kappa shape index (κ3) is 4.53. The van der Waals surface area contributed by atoms with Gasteiger partial charge in [0, 0.05) is 11.1 Å². The first-order valence-corrected chi connectivity index (χ1v) is 9.92. The Bertz CT molecular complexity index is 838. The van der Waals surface area contributed by atoms with Crippen LogP contribution in [0.4, 0.5) is 0 Å². The highest BCUT2D eigenvalue weighted by atomic mass is 32.2. The topological polar surface area (TPSA) is 44.6 Å². The molecule has 0 aliphatic carbocycles. The van der Waals surface area contributed by atoms with Crippen molar-refractivity contribution < 1.29 is 9.29 Å². The summed E-state index contributed by atoms with van der Waals surface area (Å²) in [4.78, 5) is 0. The largest absolute Gasteiger partial charge is 0.591 e. The van der Waals surface area contributed by atoms with Crippen molar-refractivity contribution in [3.8, 4) is 11.1 Å². The molecule has 1 unspecified atom stereocenters. The predicted octanol–water partition coefficient (Wildman–Crippen LogP) is 5.17. The summed E-state index contributed by atoms with van der Waals surface area (Å²) < 4.78 is 21.6. The second-order valence-corrected chi connectivity index (χ2v) is 9.43. The third-order valence-electron chi connectivity index (χ3n) is 4.04. The normalized spacial score (nSPS) is 13.0. The van der Waals surface area contributed by atoms with Gasteiger partial charge in [0.15, 0.2) is 5.05 Å². The fourth-order valence-corrected chi connectivity index (χ4v) is 3.38. The smallest absolute Gasteiger partial charge is 0.191 e. The molecule has 0 N–H and O–H groups in total. The zero-order valence-electron chi connectivity index (χ0n) is 16.1. The molecule has 2 aromatic carbocycles. The van der Waals surface area contributed by atoms with Crippen molar-refractivity contribution in [1.29, 1.82) is 0 Å². The number of benzene rings is 2. The molecule has 0 radical (unpaired) electrons. The number of rotatable bonds is 4. The standard InChI is InChI=1S/C21H25NO2S2/c1-14-9-7-11-16(13-22-26(23)21(3,4)5)18(14)19-15(2)10-8-12-17(19)20(25)24-6/h7-13H,1-6H3. The fourth-order valence-electron chi connectivity index (χ4n) is 2.68. The molecule has 2 aromatic rings. The Balaban J connectivity index is 2.66. The molecule has 138 valence electrons. The fraction of sp³-hybridized carbons (Fsp3) is 0.333. The Morgan fingerprint density at radius 3 is 2.23 bits per heavy atom. The summed E-state index contributed by atoms with van der Waals surface area (Å²) in [5.41, 5.74) is 6.06. The maximum atomic E-state index is 12.3. The van der Waals surface area contributed by atoms with E-state index in [1.165, 1.54) is 0 Å². The molecular weight excluding hydrogens is 362 g/mol. The zero-order chi connectivity index (χ0) is 19.5. The molecule has 0 spiro atoms. The molecule has 1 atom stereocenters. The van der Waals surface area contributed by atoms with Crippen LogP contribution in [0.2, 0.25) is 0 Å². The Hall–Kier alpha value is -1.69. The van der Waals surface area contributed by atoms with Gasteiger partial charge in [-0.05, 0) is 75.2 Å². The molecule has 0 heterocycles. The maximum Gasteiger partial charge on any atom is 0.191 e. The summed E-state index contributed by atoms with van der Waals surface area (Å²) in [5, 5.41) is 0.452. The minimum Gasteiger partial charge on any atom is -0.591 e. The Morgan fingerprint density at radius 1 is 1.08 bits per heavy atom. The van der Waals surface area contributed by atoms with Gasteiger partial charge in [-0.15, -0.1) is 0 Å². The molecule has 26 heavy (non-hydrogen) atoms. The second-order valence-electron chi connectivity index (χ2n) is 7.12. The third-order valence-corrected chi connectivity index (χ3v) is 5.78. The maximum absolute atomic E-state index is 12.3. The minimum absolute atomic E-state index is 0.397. The van der Waals surface area contributed by atoms with Crippen LogP contribution in [0, 0.1) is 13.8 Å². The van der Waals surface area contributed by atoms with Crippen LogP contribution in [0.1, 0.15) is 43.0 Å². The first kappa shape index (κ1) is 20.6. The molecular formula is C21H25NO2S2. The van der Waals surface area contributed by atoms with E-state index in [4.69, 9.17) is 17.0 Å². The van der Waals surface area contributed by atoms with E-state index in [0.29, 0.717) is 5.05 Å². The van der Waals surface area contributed by atoms with Gasteiger partial charge < -0.3 is 9.29 Å². The van der Waals surface area contributed by atoms with Gasteiger partial charge in [-0.3, -0.25) is 0 Å². The summed E-state index contributed by atoms with van der Waals surface area (Å²) in [5.74, 6) is 0. The van der Waals surface area contributed by atoms with Crippen molar-refractivity contribution >= 4 is 34.8 Å². The van der Waals surface area contributed by atoms with Crippen LogP contribution in [0.15, 0.2) is 40.8 Å². The highest BCUT2D eigenvalue weighted by Crippen LogP contribution is 2.33. The number of aryl methyl sites for hydroxylation is 2. The molecule has 0 bridgehead atoms. The first-order chi connectivity index (χ1) is 12.2. The van der Waals surface area contributed by atoms with E-state index in [-0.39, 0.29) is 0 Å². The van der Waals surface area contributed by atoms with Crippen LogP contribution in [0.25, 0.3) is 11.1 Å². The van der Waals surface area contributed by atoms with Gasteiger partial charge in [0.25, 0.3) is 0 Å². The van der Waals surface area contributed by atoms with Gasteiger partial charge in [0.1, 0.15) is 16.1 Å². The quantitative estimate of drug-likeness (QED) is 0.413. The lowest BCUT2D eigenvalue weighted by molar-refractivity contribution is 0.416. The average molecular weight is 388 g/mol. The number of nitrogens with zero attached hydrogens (tertiary/aromatic N) is 1. The minimum atomic E-state index is -1.31. The van der Waals surface area contributed by atoms with E-state index in [1.807, 2.05) is 45.0 Å². The van der Waals surface area contributed by atoms with E-state index in [9.17, 15) is 4.55 Å². The van der Waals surface area contributed by atoms with Crippen molar-refractivity contribution in [2.24, 2.45) is 4.40 Å². The van der Waals surface area contributed by atoms with Crippen LogP contribution in [0.5, 0.6) is 0 Å². The Kier molecular flexibility index (Phi) is 6.61. The summed E-state index contributed by atoms with van der Waals surface area (Å²) in [6.45, 7) is 9.84. The van der Waals surface area contributed by atoms with Crippen molar-refractivity contribution in [2.75, 3.05) is 7.11 Å². The number of thiocarbonyl (C=S) groups is 1. The van der Waals surface area contributed by atoms with E-state index >= 15 is 0 Å². The predicted molar refractivity (Wildman–Crippen MR) is 116 cm³/mol. The molecule has 0 fully saturated rings. The van der Waals surface area contributed by atoms with Crippen LogP contribution in [-0.2, 0) is 16.1 Å². The van der Waals surface area contributed by atoms with E-state index in [2.05, 4.69) is 30.4 Å². The highest BCUT2D eigenvalue weighted by Gasteiger charge is 2.26. The average Bonchev–Trinajstić information content (AvgIpc) is 2.58.